The minimum atomic E-state index is -4.62. The van der Waals surface area contributed by atoms with Crippen molar-refractivity contribution in [3.05, 3.63) is 62.7 Å². The molecule has 0 amide bonds. The first-order valence-corrected chi connectivity index (χ1v) is 6.72. The molecule has 0 unspecified atom stereocenters. The molecular weight excluding hydrogens is 367 g/mol. The van der Waals surface area contributed by atoms with Gasteiger partial charge in [0.1, 0.15) is 17.1 Å². The molecule has 0 aromatic heterocycles. The van der Waals surface area contributed by atoms with Crippen LogP contribution >= 0.6 is 11.6 Å². The molecule has 25 heavy (non-hydrogen) atoms. The van der Waals surface area contributed by atoms with E-state index in [4.69, 9.17) is 20.5 Å². The number of carbonyl (C=O) groups excluding carboxylic acids is 1. The van der Waals surface area contributed by atoms with Gasteiger partial charge in [-0.2, -0.15) is 13.2 Å². The van der Waals surface area contributed by atoms with E-state index >= 15 is 0 Å². The van der Waals surface area contributed by atoms with Crippen LogP contribution in [0, 0.1) is 10.1 Å². The number of rotatable bonds is 4. The Labute approximate surface area is 148 Å². The summed E-state index contributed by atoms with van der Waals surface area (Å²) in [5, 5.41) is 10.6. The van der Waals surface area contributed by atoms with E-state index in [0.29, 0.717) is 12.1 Å². The Morgan fingerprint density at radius 2 is 2.00 bits per heavy atom. The molecule has 0 aliphatic heterocycles. The fourth-order valence-corrected chi connectivity index (χ4v) is 2.06. The molecule has 6 nitrogen and oxygen atoms in total. The number of carbonyl (C=O) groups is 1. The summed E-state index contributed by atoms with van der Waals surface area (Å²) in [4.78, 5) is 22.0. The van der Waals surface area contributed by atoms with E-state index in [1.807, 2.05) is 0 Å². The molecule has 0 aliphatic rings. The summed E-state index contributed by atoms with van der Waals surface area (Å²) in [5.41, 5.74) is -2.49. The molecule has 0 saturated carbocycles. The van der Waals surface area contributed by atoms with Crippen LogP contribution in [0.5, 0.6) is 11.5 Å². The van der Waals surface area contributed by atoms with Crippen LogP contribution in [0.15, 0.2) is 36.4 Å². The maximum Gasteiger partial charge on any atom is 0.416 e. The molecule has 132 valence electrons. The number of ether oxygens (including phenoxy) is 2. The van der Waals surface area contributed by atoms with Crippen LogP contribution in [0.3, 0.4) is 0 Å². The van der Waals surface area contributed by atoms with Crippen LogP contribution in [-0.4, -0.2) is 17.9 Å². The summed E-state index contributed by atoms with van der Waals surface area (Å²) in [6, 6.07) is 4.97. The molecular formula is C15H9ClF3NO5. The van der Waals surface area contributed by atoms with E-state index in [1.54, 1.807) is 0 Å². The summed E-state index contributed by atoms with van der Waals surface area (Å²) in [7, 11) is -3.14. The first-order chi connectivity index (χ1) is 12.8. The third-order valence-electron chi connectivity index (χ3n) is 2.96. The lowest BCUT2D eigenvalue weighted by Gasteiger charge is -2.11. The van der Waals surface area contributed by atoms with Crippen LogP contribution in [0.2, 0.25) is 5.02 Å². The molecule has 2 rings (SSSR count). The highest BCUT2D eigenvalue weighted by Gasteiger charge is 2.31. The molecule has 2 aromatic carbocycles. The lowest BCUT2D eigenvalue weighted by atomic mass is 10.1. The number of halogens is 4. The highest BCUT2D eigenvalue weighted by molar-refractivity contribution is 6.32. The second kappa shape index (κ2) is 6.98. The molecule has 0 spiro atoms. The number of benzene rings is 2. The van der Waals surface area contributed by atoms with E-state index in [1.165, 1.54) is 0 Å². The number of methoxy groups -OCH3 is 1. The first-order valence-electron chi connectivity index (χ1n) is 7.84. The average Bonchev–Trinajstić information content (AvgIpc) is 2.54. The Kier molecular flexibility index (Phi) is 4.05. The van der Waals surface area contributed by atoms with Crippen molar-refractivity contribution in [1.29, 1.82) is 0 Å². The summed E-state index contributed by atoms with van der Waals surface area (Å²) in [6.07, 6.45) is -4.62. The fourth-order valence-electron chi connectivity index (χ4n) is 1.84. The minimum Gasteiger partial charge on any atom is -0.465 e. The van der Waals surface area contributed by atoms with Crippen LogP contribution in [0.4, 0.5) is 18.9 Å². The lowest BCUT2D eigenvalue weighted by molar-refractivity contribution is -0.385. The van der Waals surface area contributed by atoms with Crippen LogP contribution in [-0.2, 0) is 10.9 Å². The van der Waals surface area contributed by atoms with Gasteiger partial charge in [0.25, 0.3) is 5.69 Å². The van der Waals surface area contributed by atoms with Gasteiger partial charge in [-0.15, -0.1) is 0 Å². The SMILES string of the molecule is [2H]C([2H])([2H])OC(=O)c1cc(Oc2ccc(C(F)(F)F)cc2Cl)ccc1[N+](=O)[O-]. The molecule has 0 bridgehead atoms. The molecule has 2 aromatic rings. The number of hydrogen-bond donors (Lipinski definition) is 0. The van der Waals surface area contributed by atoms with Gasteiger partial charge in [-0.1, -0.05) is 11.6 Å². The van der Waals surface area contributed by atoms with Crippen molar-refractivity contribution in [2.24, 2.45) is 0 Å². The third kappa shape index (κ3) is 4.18. The van der Waals surface area contributed by atoms with Gasteiger partial charge in [-0.25, -0.2) is 4.79 Å². The predicted molar refractivity (Wildman–Crippen MR) is 81.0 cm³/mol. The zero-order chi connectivity index (χ0) is 21.3. The van der Waals surface area contributed by atoms with E-state index in [2.05, 4.69) is 4.74 Å². The minimum absolute atomic E-state index is 0.218. The Balaban J connectivity index is 2.38. The standard InChI is InChI=1S/C15H9ClF3NO5/c1-24-14(21)10-7-9(3-4-12(10)20(22)23)25-13-5-2-8(6-11(13)16)15(17,18)19/h2-7H,1H3/i1D3. The first kappa shape index (κ1) is 14.5. The summed E-state index contributed by atoms with van der Waals surface area (Å²) < 4.78 is 68.1. The van der Waals surface area contributed by atoms with Gasteiger partial charge in [0.2, 0.25) is 0 Å². The number of nitrogens with zero attached hydrogens (tertiary/aromatic N) is 1. The van der Waals surface area contributed by atoms with Crippen molar-refractivity contribution in [2.75, 3.05) is 7.04 Å². The van der Waals surface area contributed by atoms with E-state index in [0.717, 1.165) is 24.3 Å². The monoisotopic (exact) mass is 378 g/mol. The second-order valence-electron chi connectivity index (χ2n) is 4.57. The summed E-state index contributed by atoms with van der Waals surface area (Å²) >= 11 is 5.76. The molecule has 0 heterocycles. The Morgan fingerprint density at radius 1 is 1.28 bits per heavy atom. The van der Waals surface area contributed by atoms with Crippen LogP contribution in [0.1, 0.15) is 20.0 Å². The van der Waals surface area contributed by atoms with Gasteiger partial charge >= 0.3 is 12.1 Å². The molecule has 0 radical (unpaired) electrons. The number of esters is 1. The second-order valence-corrected chi connectivity index (χ2v) is 4.98. The highest BCUT2D eigenvalue weighted by atomic mass is 35.5. The average molecular weight is 379 g/mol. The van der Waals surface area contributed by atoms with Crippen LogP contribution < -0.4 is 4.74 Å². The maximum absolute atomic E-state index is 12.7. The molecule has 0 atom stereocenters. The van der Waals surface area contributed by atoms with E-state index in [9.17, 15) is 28.1 Å². The van der Waals surface area contributed by atoms with Crippen molar-refractivity contribution in [3.8, 4) is 11.5 Å². The van der Waals surface area contributed by atoms with Gasteiger partial charge < -0.3 is 9.47 Å². The van der Waals surface area contributed by atoms with Gasteiger partial charge in [-0.05, 0) is 24.3 Å². The molecule has 0 saturated heterocycles. The maximum atomic E-state index is 12.7. The quantitative estimate of drug-likeness (QED) is 0.432. The fraction of sp³-hybridized carbons (Fsp3) is 0.133. The van der Waals surface area contributed by atoms with Crippen molar-refractivity contribution < 1.29 is 36.5 Å². The number of nitro benzene ring substituents is 1. The largest absolute Gasteiger partial charge is 0.465 e. The zero-order valence-electron chi connectivity index (χ0n) is 15.0. The summed E-state index contributed by atoms with van der Waals surface area (Å²) in [6.45, 7) is 0. The predicted octanol–water partition coefficient (Wildman–Crippen LogP) is 4.85. The zero-order valence-corrected chi connectivity index (χ0v) is 12.7. The molecule has 0 fully saturated rings. The summed E-state index contributed by atoms with van der Waals surface area (Å²) in [5.74, 6) is -1.95. The third-order valence-corrected chi connectivity index (χ3v) is 3.26. The molecule has 10 heteroatoms. The Hall–Kier alpha value is -2.81. The van der Waals surface area contributed by atoms with Crippen molar-refractivity contribution in [1.82, 2.24) is 0 Å². The van der Waals surface area contributed by atoms with E-state index in [-0.39, 0.29) is 11.5 Å². The van der Waals surface area contributed by atoms with Gasteiger partial charge in [0.05, 0.1) is 26.7 Å². The smallest absolute Gasteiger partial charge is 0.416 e. The van der Waals surface area contributed by atoms with Gasteiger partial charge in [-0.3, -0.25) is 10.1 Å². The molecule has 0 N–H and O–H groups in total. The van der Waals surface area contributed by atoms with Gasteiger partial charge in [0, 0.05) is 12.1 Å². The molecule has 0 aliphatic carbocycles. The number of nitro groups is 1. The van der Waals surface area contributed by atoms with Gasteiger partial charge in [0.15, 0.2) is 0 Å². The highest BCUT2D eigenvalue weighted by Crippen LogP contribution is 2.37. The van der Waals surface area contributed by atoms with Crippen LogP contribution in [0.25, 0.3) is 0 Å². The Bertz CT molecular complexity index is 934. The van der Waals surface area contributed by atoms with E-state index < -0.39 is 45.9 Å². The lowest BCUT2D eigenvalue weighted by Crippen LogP contribution is -2.06. The number of alkyl halides is 3. The van der Waals surface area contributed by atoms with Crippen molar-refractivity contribution >= 4 is 23.3 Å². The van der Waals surface area contributed by atoms with Crippen molar-refractivity contribution in [2.45, 2.75) is 6.18 Å². The number of hydrogen-bond acceptors (Lipinski definition) is 5. The topological polar surface area (TPSA) is 78.7 Å². The Morgan fingerprint density at radius 3 is 2.56 bits per heavy atom. The van der Waals surface area contributed by atoms with Crippen molar-refractivity contribution in [3.63, 3.8) is 0 Å². The normalized spacial score (nSPS) is 13.4.